The minimum atomic E-state index is -0.645. The molecule has 0 aliphatic carbocycles. The second-order valence-corrected chi connectivity index (χ2v) is 7.64. The number of hydrogen-bond donors (Lipinski definition) is 2. The third kappa shape index (κ3) is 2.88. The lowest BCUT2D eigenvalue weighted by Gasteiger charge is -2.51. The Labute approximate surface area is 148 Å². The summed E-state index contributed by atoms with van der Waals surface area (Å²) >= 11 is 0. The first-order valence-electron chi connectivity index (χ1n) is 9.18. The summed E-state index contributed by atoms with van der Waals surface area (Å²) in [5, 5.41) is 2.46. The smallest absolute Gasteiger partial charge is 0.312 e. The average Bonchev–Trinajstić information content (AvgIpc) is 3.04. The number of hydrogen-bond acceptors (Lipinski definition) is 3. The fourth-order valence-corrected chi connectivity index (χ4v) is 5.08. The van der Waals surface area contributed by atoms with Crippen molar-refractivity contribution >= 4 is 11.9 Å². The maximum Gasteiger partial charge on any atom is 0.312 e. The molecular formula is C19H26N4O2. The standard InChI is InChI=1S/C19H26N4O2/c1-12-2-4-13(5-3-12)15-11-23(16(24)10-21-19(20)25)17-14-6-8-22(9-7-14)18(15)17/h2-5,14-15,17-18H,6-11H2,1H3,(H3,20,21,25)/t15-,17-,18-/m0/s1. The summed E-state index contributed by atoms with van der Waals surface area (Å²) in [7, 11) is 0. The number of likely N-dealkylation sites (tertiary alicyclic amines) is 1. The molecule has 4 heterocycles. The molecule has 0 spiro atoms. The number of benzene rings is 1. The van der Waals surface area contributed by atoms with E-state index < -0.39 is 6.03 Å². The second-order valence-electron chi connectivity index (χ2n) is 7.64. The molecule has 6 nitrogen and oxygen atoms in total. The first-order chi connectivity index (χ1) is 12.0. The first kappa shape index (κ1) is 16.4. The van der Waals surface area contributed by atoms with Crippen LogP contribution in [0.4, 0.5) is 4.79 Å². The van der Waals surface area contributed by atoms with Gasteiger partial charge in [0.05, 0.1) is 12.6 Å². The van der Waals surface area contributed by atoms with E-state index in [1.807, 2.05) is 4.90 Å². The number of carbonyl (C=O) groups is 2. The van der Waals surface area contributed by atoms with E-state index in [1.54, 1.807) is 0 Å². The third-order valence-electron chi connectivity index (χ3n) is 6.23. The van der Waals surface area contributed by atoms with Gasteiger partial charge in [-0.25, -0.2) is 4.79 Å². The number of urea groups is 1. The van der Waals surface area contributed by atoms with Crippen molar-refractivity contribution in [1.29, 1.82) is 0 Å². The zero-order valence-electron chi connectivity index (χ0n) is 14.6. The first-order valence-corrected chi connectivity index (χ1v) is 9.18. The quantitative estimate of drug-likeness (QED) is 0.862. The Bertz CT molecular complexity index is 667. The number of piperidine rings is 3. The van der Waals surface area contributed by atoms with Gasteiger partial charge in [-0.3, -0.25) is 9.69 Å². The maximum absolute atomic E-state index is 12.7. The van der Waals surface area contributed by atoms with Crippen LogP contribution in [-0.4, -0.2) is 60.0 Å². The normalized spacial score (nSPS) is 33.2. The topological polar surface area (TPSA) is 78.7 Å². The lowest BCUT2D eigenvalue weighted by Crippen LogP contribution is -2.61. The van der Waals surface area contributed by atoms with Crippen molar-refractivity contribution in [3.8, 4) is 0 Å². The van der Waals surface area contributed by atoms with Crippen molar-refractivity contribution in [2.75, 3.05) is 26.2 Å². The monoisotopic (exact) mass is 342 g/mol. The van der Waals surface area contributed by atoms with Gasteiger partial charge in [0, 0.05) is 18.5 Å². The van der Waals surface area contributed by atoms with Crippen LogP contribution in [-0.2, 0) is 4.79 Å². The summed E-state index contributed by atoms with van der Waals surface area (Å²) in [5.41, 5.74) is 7.70. The minimum absolute atomic E-state index is 0.00804. The number of rotatable bonds is 3. The lowest BCUT2D eigenvalue weighted by atomic mass is 9.75. The molecule has 4 aliphatic rings. The van der Waals surface area contributed by atoms with Crippen molar-refractivity contribution in [3.63, 3.8) is 0 Å². The lowest BCUT2D eigenvalue weighted by molar-refractivity contribution is -0.134. The van der Waals surface area contributed by atoms with Crippen LogP contribution in [0.25, 0.3) is 0 Å². The second kappa shape index (κ2) is 6.33. The Balaban J connectivity index is 1.62. The fraction of sp³-hybridized carbons (Fsp3) is 0.579. The number of nitrogens with zero attached hydrogens (tertiary/aromatic N) is 2. The largest absolute Gasteiger partial charge is 0.352 e. The number of aryl methyl sites for hydroxylation is 1. The fourth-order valence-electron chi connectivity index (χ4n) is 5.08. The number of nitrogens with two attached hydrogens (primary N) is 1. The van der Waals surface area contributed by atoms with E-state index in [2.05, 4.69) is 41.4 Å². The van der Waals surface area contributed by atoms with Crippen LogP contribution in [0.15, 0.2) is 24.3 Å². The van der Waals surface area contributed by atoms with Crippen molar-refractivity contribution in [1.82, 2.24) is 15.1 Å². The van der Waals surface area contributed by atoms with E-state index in [9.17, 15) is 9.59 Å². The minimum Gasteiger partial charge on any atom is -0.352 e. The molecule has 4 fully saturated rings. The molecule has 4 aliphatic heterocycles. The molecule has 0 aromatic heterocycles. The summed E-state index contributed by atoms with van der Waals surface area (Å²) in [6.45, 7) is 5.08. The van der Waals surface area contributed by atoms with Gasteiger partial charge < -0.3 is 16.0 Å². The van der Waals surface area contributed by atoms with Crippen molar-refractivity contribution < 1.29 is 9.59 Å². The van der Waals surface area contributed by atoms with Crippen LogP contribution < -0.4 is 11.1 Å². The Morgan fingerprint density at radius 3 is 2.48 bits per heavy atom. The van der Waals surface area contributed by atoms with E-state index in [-0.39, 0.29) is 18.5 Å². The molecule has 3 atom stereocenters. The summed E-state index contributed by atoms with van der Waals surface area (Å²) in [6, 6.07) is 8.73. The third-order valence-corrected chi connectivity index (χ3v) is 6.23. The average molecular weight is 342 g/mol. The molecular weight excluding hydrogens is 316 g/mol. The zero-order valence-corrected chi connectivity index (χ0v) is 14.6. The molecule has 1 aromatic rings. The van der Waals surface area contributed by atoms with Gasteiger partial charge in [0.1, 0.15) is 0 Å². The number of carbonyl (C=O) groups excluding carboxylic acids is 2. The highest BCUT2D eigenvalue weighted by atomic mass is 16.2. The molecule has 134 valence electrons. The molecule has 0 unspecified atom stereocenters. The molecule has 4 saturated heterocycles. The van der Waals surface area contributed by atoms with Gasteiger partial charge in [-0.1, -0.05) is 29.8 Å². The summed E-state index contributed by atoms with van der Waals surface area (Å²) < 4.78 is 0. The number of amides is 3. The molecule has 2 bridgehead atoms. The van der Waals surface area contributed by atoms with E-state index >= 15 is 0 Å². The summed E-state index contributed by atoms with van der Waals surface area (Å²) in [5.74, 6) is 0.895. The molecule has 6 heteroatoms. The van der Waals surface area contributed by atoms with Gasteiger partial charge >= 0.3 is 6.03 Å². The van der Waals surface area contributed by atoms with Gasteiger partial charge in [-0.15, -0.1) is 0 Å². The number of nitrogens with one attached hydrogen (secondary N) is 1. The SMILES string of the molecule is Cc1ccc([C@@H]2CN(C(=O)CNC(N)=O)[C@H]3C4CCN(CC4)[C@@H]23)cc1. The molecule has 3 N–H and O–H groups in total. The maximum atomic E-state index is 12.7. The summed E-state index contributed by atoms with van der Waals surface area (Å²) in [4.78, 5) is 28.3. The van der Waals surface area contributed by atoms with Crippen LogP contribution >= 0.6 is 0 Å². The van der Waals surface area contributed by atoms with Crippen LogP contribution in [0.3, 0.4) is 0 Å². The Morgan fingerprint density at radius 1 is 1.16 bits per heavy atom. The van der Waals surface area contributed by atoms with E-state index in [4.69, 9.17) is 5.73 Å². The predicted octanol–water partition coefficient (Wildman–Crippen LogP) is 1.05. The molecule has 25 heavy (non-hydrogen) atoms. The van der Waals surface area contributed by atoms with Gasteiger partial charge in [0.15, 0.2) is 0 Å². The highest BCUT2D eigenvalue weighted by molar-refractivity contribution is 5.84. The van der Waals surface area contributed by atoms with Crippen LogP contribution in [0.1, 0.15) is 29.9 Å². The molecule has 0 saturated carbocycles. The van der Waals surface area contributed by atoms with Gasteiger partial charge in [-0.05, 0) is 44.3 Å². The highest BCUT2D eigenvalue weighted by Gasteiger charge is 2.54. The highest BCUT2D eigenvalue weighted by Crippen LogP contribution is 2.46. The number of primary amides is 1. The van der Waals surface area contributed by atoms with Crippen LogP contribution in [0.2, 0.25) is 0 Å². The van der Waals surface area contributed by atoms with Gasteiger partial charge in [0.25, 0.3) is 0 Å². The van der Waals surface area contributed by atoms with Crippen molar-refractivity contribution in [2.24, 2.45) is 11.7 Å². The Kier molecular flexibility index (Phi) is 4.15. The van der Waals surface area contributed by atoms with Crippen LogP contribution in [0.5, 0.6) is 0 Å². The van der Waals surface area contributed by atoms with Gasteiger partial charge in [0.2, 0.25) is 5.91 Å². The Hall–Kier alpha value is -2.08. The van der Waals surface area contributed by atoms with E-state index in [0.717, 1.165) is 32.5 Å². The molecule has 1 aromatic carbocycles. The van der Waals surface area contributed by atoms with Gasteiger partial charge in [-0.2, -0.15) is 0 Å². The molecule has 0 radical (unpaired) electrons. The van der Waals surface area contributed by atoms with E-state index in [0.29, 0.717) is 17.9 Å². The molecule has 3 amide bonds. The van der Waals surface area contributed by atoms with E-state index in [1.165, 1.54) is 11.1 Å². The Morgan fingerprint density at radius 2 is 1.84 bits per heavy atom. The molecule has 5 rings (SSSR count). The predicted molar refractivity (Wildman–Crippen MR) is 95.1 cm³/mol. The van der Waals surface area contributed by atoms with Crippen molar-refractivity contribution in [2.45, 2.75) is 37.8 Å². The zero-order chi connectivity index (χ0) is 17.6. The number of fused-ring (bicyclic) bond motifs is 2. The summed E-state index contributed by atoms with van der Waals surface area (Å²) in [6.07, 6.45) is 2.32. The van der Waals surface area contributed by atoms with Crippen LogP contribution in [0, 0.1) is 12.8 Å². The van der Waals surface area contributed by atoms with Crippen molar-refractivity contribution in [3.05, 3.63) is 35.4 Å².